The predicted molar refractivity (Wildman–Crippen MR) is 77.5 cm³/mol. The van der Waals surface area contributed by atoms with Crippen molar-refractivity contribution in [3.05, 3.63) is 28.2 Å². The second-order valence-corrected chi connectivity index (χ2v) is 5.85. The molecule has 3 nitrogen and oxygen atoms in total. The number of hydrogen-bond acceptors (Lipinski definition) is 3. The minimum atomic E-state index is 0.382. The zero-order valence-electron chi connectivity index (χ0n) is 10.8. The number of benzene rings is 1. The van der Waals surface area contributed by atoms with E-state index in [4.69, 9.17) is 10.6 Å². The minimum Gasteiger partial charge on any atom is -0.496 e. The van der Waals surface area contributed by atoms with Crippen LogP contribution in [-0.4, -0.2) is 13.2 Å². The molecule has 0 aliphatic heterocycles. The molecule has 0 bridgehead atoms. The summed E-state index contributed by atoms with van der Waals surface area (Å²) in [5.41, 5.74) is 4.28. The quantitative estimate of drug-likeness (QED) is 0.649. The van der Waals surface area contributed by atoms with Gasteiger partial charge < -0.3 is 4.74 Å². The summed E-state index contributed by atoms with van der Waals surface area (Å²) in [6.07, 6.45) is 6.26. The van der Waals surface area contributed by atoms with Crippen LogP contribution in [0.15, 0.2) is 22.7 Å². The highest BCUT2D eigenvalue weighted by Gasteiger charge is 2.24. The molecule has 3 N–H and O–H groups in total. The Labute approximate surface area is 117 Å². The molecular weight excluding hydrogens is 292 g/mol. The molecule has 2 rings (SSSR count). The van der Waals surface area contributed by atoms with E-state index in [9.17, 15) is 0 Å². The van der Waals surface area contributed by atoms with Crippen LogP contribution in [0.5, 0.6) is 5.75 Å². The first-order chi connectivity index (χ1) is 8.74. The van der Waals surface area contributed by atoms with Gasteiger partial charge in [-0.25, -0.2) is 0 Å². The standard InChI is InChI=1S/C14H21BrN2O/c1-18-14-7-6-10(8-12(14)15)9-13(17-16)11-4-2-3-5-11/h6-8,11,13,17H,2-5,9,16H2,1H3. The van der Waals surface area contributed by atoms with Gasteiger partial charge in [0.15, 0.2) is 0 Å². The van der Waals surface area contributed by atoms with E-state index in [0.717, 1.165) is 22.6 Å². The zero-order valence-corrected chi connectivity index (χ0v) is 12.4. The largest absolute Gasteiger partial charge is 0.496 e. The van der Waals surface area contributed by atoms with E-state index in [0.29, 0.717) is 6.04 Å². The third-order valence-corrected chi connectivity index (χ3v) is 4.47. The fourth-order valence-corrected chi connectivity index (χ4v) is 3.40. The molecule has 1 unspecified atom stereocenters. The van der Waals surface area contributed by atoms with Crippen LogP contribution in [0.4, 0.5) is 0 Å². The second kappa shape index (κ2) is 6.55. The smallest absolute Gasteiger partial charge is 0.133 e. The minimum absolute atomic E-state index is 0.382. The summed E-state index contributed by atoms with van der Waals surface area (Å²) >= 11 is 3.53. The molecule has 1 aromatic carbocycles. The van der Waals surface area contributed by atoms with Gasteiger partial charge in [0.25, 0.3) is 0 Å². The Balaban J connectivity index is 2.04. The number of methoxy groups -OCH3 is 1. The number of nitrogens with two attached hydrogens (primary N) is 1. The van der Waals surface area contributed by atoms with Gasteiger partial charge in [-0.1, -0.05) is 18.9 Å². The summed E-state index contributed by atoms with van der Waals surface area (Å²) in [5.74, 6) is 7.30. The third-order valence-electron chi connectivity index (χ3n) is 3.85. The lowest BCUT2D eigenvalue weighted by atomic mass is 9.93. The number of hydrazine groups is 1. The number of ether oxygens (including phenoxy) is 1. The third kappa shape index (κ3) is 3.25. The first-order valence-corrected chi connectivity index (χ1v) is 7.32. The van der Waals surface area contributed by atoms with Gasteiger partial charge in [0.1, 0.15) is 5.75 Å². The van der Waals surface area contributed by atoms with Crippen molar-refractivity contribution in [2.45, 2.75) is 38.1 Å². The first-order valence-electron chi connectivity index (χ1n) is 6.53. The molecule has 0 radical (unpaired) electrons. The maximum Gasteiger partial charge on any atom is 0.133 e. The molecule has 4 heteroatoms. The Morgan fingerprint density at radius 2 is 2.17 bits per heavy atom. The molecule has 1 aliphatic rings. The van der Waals surface area contributed by atoms with Crippen molar-refractivity contribution in [2.75, 3.05) is 7.11 Å². The lowest BCUT2D eigenvalue weighted by Gasteiger charge is -2.22. The average Bonchev–Trinajstić information content (AvgIpc) is 2.90. The number of halogens is 1. The van der Waals surface area contributed by atoms with Crippen molar-refractivity contribution in [1.82, 2.24) is 5.43 Å². The van der Waals surface area contributed by atoms with E-state index in [-0.39, 0.29) is 0 Å². The normalized spacial score (nSPS) is 17.9. The fraction of sp³-hybridized carbons (Fsp3) is 0.571. The van der Waals surface area contributed by atoms with E-state index in [1.54, 1.807) is 7.11 Å². The summed E-state index contributed by atoms with van der Waals surface area (Å²) in [4.78, 5) is 0. The SMILES string of the molecule is COc1ccc(CC(NN)C2CCCC2)cc1Br. The Bertz CT molecular complexity index is 391. The monoisotopic (exact) mass is 312 g/mol. The lowest BCUT2D eigenvalue weighted by Crippen LogP contribution is -2.41. The number of hydrogen-bond donors (Lipinski definition) is 2. The van der Waals surface area contributed by atoms with Crippen molar-refractivity contribution in [2.24, 2.45) is 11.8 Å². The van der Waals surface area contributed by atoms with Crippen molar-refractivity contribution in [1.29, 1.82) is 0 Å². The van der Waals surface area contributed by atoms with Crippen LogP contribution in [0.3, 0.4) is 0 Å². The highest BCUT2D eigenvalue weighted by molar-refractivity contribution is 9.10. The van der Waals surface area contributed by atoms with Crippen LogP contribution in [0.25, 0.3) is 0 Å². The number of nitrogens with one attached hydrogen (secondary N) is 1. The Hall–Kier alpha value is -0.580. The molecule has 0 aromatic heterocycles. The van der Waals surface area contributed by atoms with Crippen molar-refractivity contribution in [3.8, 4) is 5.75 Å². The summed E-state index contributed by atoms with van der Waals surface area (Å²) in [5, 5.41) is 0. The summed E-state index contributed by atoms with van der Waals surface area (Å²) in [7, 11) is 1.68. The lowest BCUT2D eigenvalue weighted by molar-refractivity contribution is 0.361. The highest BCUT2D eigenvalue weighted by atomic mass is 79.9. The van der Waals surface area contributed by atoms with Crippen LogP contribution in [-0.2, 0) is 6.42 Å². The molecule has 0 amide bonds. The molecule has 1 atom stereocenters. The van der Waals surface area contributed by atoms with Crippen LogP contribution in [0, 0.1) is 5.92 Å². The Morgan fingerprint density at radius 1 is 1.44 bits per heavy atom. The molecule has 0 saturated heterocycles. The van der Waals surface area contributed by atoms with Gasteiger partial charge in [-0.05, 0) is 58.8 Å². The van der Waals surface area contributed by atoms with Crippen LogP contribution < -0.4 is 16.0 Å². The predicted octanol–water partition coefficient (Wildman–Crippen LogP) is 3.02. The van der Waals surface area contributed by atoms with Crippen LogP contribution >= 0.6 is 15.9 Å². The molecule has 1 fully saturated rings. The Kier molecular flexibility index (Phi) is 5.03. The fourth-order valence-electron chi connectivity index (χ4n) is 2.81. The van der Waals surface area contributed by atoms with Gasteiger partial charge in [-0.15, -0.1) is 0 Å². The number of rotatable bonds is 5. The Morgan fingerprint density at radius 3 is 2.72 bits per heavy atom. The summed E-state index contributed by atoms with van der Waals surface area (Å²) < 4.78 is 6.25. The van der Waals surface area contributed by atoms with E-state index in [1.807, 2.05) is 6.07 Å². The van der Waals surface area contributed by atoms with Crippen molar-refractivity contribution in [3.63, 3.8) is 0 Å². The molecule has 1 aliphatic carbocycles. The van der Waals surface area contributed by atoms with E-state index >= 15 is 0 Å². The van der Waals surface area contributed by atoms with Crippen LogP contribution in [0.2, 0.25) is 0 Å². The highest BCUT2D eigenvalue weighted by Crippen LogP contribution is 2.30. The summed E-state index contributed by atoms with van der Waals surface area (Å²) in [6, 6.07) is 6.62. The molecule has 0 spiro atoms. The zero-order chi connectivity index (χ0) is 13.0. The molecule has 1 aromatic rings. The molecule has 100 valence electrons. The van der Waals surface area contributed by atoms with Crippen molar-refractivity contribution >= 4 is 15.9 Å². The summed E-state index contributed by atoms with van der Waals surface area (Å²) in [6.45, 7) is 0. The van der Waals surface area contributed by atoms with E-state index < -0.39 is 0 Å². The topological polar surface area (TPSA) is 47.3 Å². The van der Waals surface area contributed by atoms with Crippen LogP contribution in [0.1, 0.15) is 31.2 Å². The second-order valence-electron chi connectivity index (χ2n) is 4.99. The van der Waals surface area contributed by atoms with Gasteiger partial charge in [0, 0.05) is 6.04 Å². The van der Waals surface area contributed by atoms with Gasteiger partial charge in [-0.2, -0.15) is 0 Å². The van der Waals surface area contributed by atoms with Gasteiger partial charge in [-0.3, -0.25) is 11.3 Å². The molecular formula is C14H21BrN2O. The van der Waals surface area contributed by atoms with Gasteiger partial charge in [0.05, 0.1) is 11.6 Å². The van der Waals surface area contributed by atoms with Crippen molar-refractivity contribution < 1.29 is 4.74 Å². The van der Waals surface area contributed by atoms with Gasteiger partial charge in [0.2, 0.25) is 0 Å². The first kappa shape index (κ1) is 13.8. The average molecular weight is 313 g/mol. The van der Waals surface area contributed by atoms with E-state index in [2.05, 4.69) is 33.5 Å². The van der Waals surface area contributed by atoms with Gasteiger partial charge >= 0.3 is 0 Å². The maximum atomic E-state index is 5.71. The molecule has 1 saturated carbocycles. The maximum absolute atomic E-state index is 5.71. The molecule has 18 heavy (non-hydrogen) atoms. The molecule has 0 heterocycles. The van der Waals surface area contributed by atoms with E-state index in [1.165, 1.54) is 31.2 Å².